The summed E-state index contributed by atoms with van der Waals surface area (Å²) in [6.45, 7) is 5.88. The van der Waals surface area contributed by atoms with E-state index in [-0.39, 0.29) is 0 Å². The average Bonchev–Trinajstić information content (AvgIpc) is 2.42. The van der Waals surface area contributed by atoms with Crippen molar-refractivity contribution in [2.75, 3.05) is 12.8 Å². The van der Waals surface area contributed by atoms with Gasteiger partial charge in [0.25, 0.3) is 0 Å². The number of hydrogen-bond acceptors (Lipinski definition) is 4. The van der Waals surface area contributed by atoms with Crippen molar-refractivity contribution < 1.29 is 4.74 Å². The summed E-state index contributed by atoms with van der Waals surface area (Å²) in [7, 11) is 1.65. The molecule has 2 N–H and O–H groups in total. The van der Waals surface area contributed by atoms with E-state index in [4.69, 9.17) is 10.5 Å². The maximum Gasteiger partial charge on any atom is 0.128 e. The van der Waals surface area contributed by atoms with Crippen molar-refractivity contribution in [3.05, 3.63) is 35.3 Å². The molecule has 0 unspecified atom stereocenters. The van der Waals surface area contributed by atoms with Crippen LogP contribution in [0.4, 0.5) is 5.69 Å². The third kappa shape index (κ3) is 2.52. The van der Waals surface area contributed by atoms with Gasteiger partial charge in [0.2, 0.25) is 0 Å². The molecule has 0 fully saturated rings. The minimum atomic E-state index is 0.608. The second-order valence-electron chi connectivity index (χ2n) is 4.51. The Kier molecular flexibility index (Phi) is 3.69. The first-order valence-corrected chi connectivity index (χ1v) is 6.34. The molecule has 0 aliphatic rings. The van der Waals surface area contributed by atoms with E-state index in [0.29, 0.717) is 11.5 Å². The topological polar surface area (TPSA) is 61.0 Å². The van der Waals surface area contributed by atoms with Crippen molar-refractivity contribution in [2.45, 2.75) is 27.2 Å². The van der Waals surface area contributed by atoms with E-state index in [9.17, 15) is 0 Å². The van der Waals surface area contributed by atoms with Crippen LogP contribution in [0, 0.1) is 13.8 Å². The van der Waals surface area contributed by atoms with Gasteiger partial charge < -0.3 is 10.5 Å². The number of nitrogens with two attached hydrogens (primary N) is 1. The highest BCUT2D eigenvalue weighted by molar-refractivity contribution is 5.78. The Labute approximate surface area is 113 Å². The van der Waals surface area contributed by atoms with Crippen LogP contribution in [-0.2, 0) is 6.42 Å². The third-order valence-electron chi connectivity index (χ3n) is 3.18. The van der Waals surface area contributed by atoms with Crippen molar-refractivity contribution in [3.63, 3.8) is 0 Å². The Bertz CT molecular complexity index is 609. The van der Waals surface area contributed by atoms with Gasteiger partial charge in [0.05, 0.1) is 18.5 Å². The number of anilines is 1. The number of ether oxygens (including phenoxy) is 1. The highest BCUT2D eigenvalue weighted by Crippen LogP contribution is 2.34. The fourth-order valence-corrected chi connectivity index (χ4v) is 2.09. The first-order valence-electron chi connectivity index (χ1n) is 6.34. The lowest BCUT2D eigenvalue weighted by atomic mass is 10.0. The number of benzene rings is 1. The number of hydrogen-bond donors (Lipinski definition) is 1. The summed E-state index contributed by atoms with van der Waals surface area (Å²) in [6.07, 6.45) is 0.958. The highest BCUT2D eigenvalue weighted by Gasteiger charge is 2.14. The zero-order valence-electron chi connectivity index (χ0n) is 11.8. The normalized spacial score (nSPS) is 10.5. The summed E-state index contributed by atoms with van der Waals surface area (Å²) in [4.78, 5) is 8.75. The second-order valence-corrected chi connectivity index (χ2v) is 4.51. The Hall–Kier alpha value is -2.10. The van der Waals surface area contributed by atoms with Gasteiger partial charge in [-0.1, -0.05) is 13.0 Å². The van der Waals surface area contributed by atoms with Crippen LogP contribution in [0.25, 0.3) is 11.3 Å². The zero-order valence-corrected chi connectivity index (χ0v) is 11.8. The molecular formula is C15H19N3O. The predicted octanol–water partition coefficient (Wildman–Crippen LogP) is 2.91. The monoisotopic (exact) mass is 257 g/mol. The maximum absolute atomic E-state index is 6.12. The zero-order chi connectivity index (χ0) is 14.0. The van der Waals surface area contributed by atoms with Gasteiger partial charge in [-0.3, -0.25) is 0 Å². The van der Waals surface area contributed by atoms with Gasteiger partial charge in [0, 0.05) is 5.56 Å². The van der Waals surface area contributed by atoms with E-state index < -0.39 is 0 Å². The summed E-state index contributed by atoms with van der Waals surface area (Å²) < 4.78 is 5.42. The molecule has 0 saturated carbocycles. The first-order chi connectivity index (χ1) is 9.06. The molecule has 19 heavy (non-hydrogen) atoms. The molecule has 4 heteroatoms. The number of aromatic nitrogens is 2. The van der Waals surface area contributed by atoms with Crippen LogP contribution >= 0.6 is 0 Å². The van der Waals surface area contributed by atoms with E-state index >= 15 is 0 Å². The Morgan fingerprint density at radius 2 is 1.95 bits per heavy atom. The van der Waals surface area contributed by atoms with E-state index in [1.54, 1.807) is 7.11 Å². The standard InChI is InChI=1S/C15H19N3O/c1-5-11-6-7-13(19-4)12(8-11)15-14(16)9(2)17-10(3)18-15/h6-8H,5,16H2,1-4H3. The SMILES string of the molecule is CCc1ccc(OC)c(-c2nc(C)nc(C)c2N)c1. The summed E-state index contributed by atoms with van der Waals surface area (Å²) in [5, 5.41) is 0. The van der Waals surface area contributed by atoms with Crippen LogP contribution in [0.15, 0.2) is 18.2 Å². The van der Waals surface area contributed by atoms with Crippen LogP contribution in [-0.4, -0.2) is 17.1 Å². The molecule has 1 heterocycles. The minimum Gasteiger partial charge on any atom is -0.496 e. The summed E-state index contributed by atoms with van der Waals surface area (Å²) in [5.41, 5.74) is 10.4. The van der Waals surface area contributed by atoms with Crippen molar-refractivity contribution in [2.24, 2.45) is 0 Å². The smallest absolute Gasteiger partial charge is 0.128 e. The molecule has 2 rings (SSSR count). The van der Waals surface area contributed by atoms with E-state index in [0.717, 1.165) is 29.1 Å². The molecule has 1 aromatic heterocycles. The molecule has 2 aromatic rings. The minimum absolute atomic E-state index is 0.608. The molecule has 0 amide bonds. The van der Waals surface area contributed by atoms with Crippen LogP contribution in [0.2, 0.25) is 0 Å². The molecule has 1 aromatic carbocycles. The molecule has 0 radical (unpaired) electrons. The Balaban J connectivity index is 2.69. The van der Waals surface area contributed by atoms with E-state index in [2.05, 4.69) is 29.0 Å². The molecule has 4 nitrogen and oxygen atoms in total. The molecule has 100 valence electrons. The van der Waals surface area contributed by atoms with Gasteiger partial charge in [-0.05, 0) is 38.0 Å². The fourth-order valence-electron chi connectivity index (χ4n) is 2.09. The van der Waals surface area contributed by atoms with Gasteiger partial charge in [-0.15, -0.1) is 0 Å². The number of nitrogen functional groups attached to an aromatic ring is 1. The fraction of sp³-hybridized carbons (Fsp3) is 0.333. The molecular weight excluding hydrogens is 238 g/mol. The number of methoxy groups -OCH3 is 1. The molecule has 0 aliphatic heterocycles. The highest BCUT2D eigenvalue weighted by atomic mass is 16.5. The predicted molar refractivity (Wildman–Crippen MR) is 77.3 cm³/mol. The molecule has 0 aliphatic carbocycles. The van der Waals surface area contributed by atoms with Gasteiger partial charge in [0.1, 0.15) is 17.3 Å². The largest absolute Gasteiger partial charge is 0.496 e. The quantitative estimate of drug-likeness (QED) is 0.918. The summed E-state index contributed by atoms with van der Waals surface area (Å²) in [6, 6.07) is 6.09. The number of nitrogens with zero attached hydrogens (tertiary/aromatic N) is 2. The third-order valence-corrected chi connectivity index (χ3v) is 3.18. The van der Waals surface area contributed by atoms with Crippen molar-refractivity contribution in [1.29, 1.82) is 0 Å². The maximum atomic E-state index is 6.12. The first kappa shape index (κ1) is 13.3. The van der Waals surface area contributed by atoms with Crippen LogP contribution in [0.3, 0.4) is 0 Å². The lowest BCUT2D eigenvalue weighted by Crippen LogP contribution is -2.03. The van der Waals surface area contributed by atoms with Crippen molar-refractivity contribution in [3.8, 4) is 17.0 Å². The van der Waals surface area contributed by atoms with Gasteiger partial charge in [-0.25, -0.2) is 9.97 Å². The average molecular weight is 257 g/mol. The molecule has 0 spiro atoms. The Morgan fingerprint density at radius 1 is 1.21 bits per heavy atom. The lowest BCUT2D eigenvalue weighted by Gasteiger charge is -2.13. The number of aryl methyl sites for hydroxylation is 3. The summed E-state index contributed by atoms with van der Waals surface area (Å²) in [5.74, 6) is 1.49. The van der Waals surface area contributed by atoms with Crippen LogP contribution in [0.5, 0.6) is 5.75 Å². The second kappa shape index (κ2) is 5.26. The Morgan fingerprint density at radius 3 is 2.58 bits per heavy atom. The summed E-state index contributed by atoms with van der Waals surface area (Å²) >= 11 is 0. The van der Waals surface area contributed by atoms with Gasteiger partial charge in [-0.2, -0.15) is 0 Å². The van der Waals surface area contributed by atoms with Crippen molar-refractivity contribution >= 4 is 5.69 Å². The molecule has 0 saturated heterocycles. The molecule has 0 bridgehead atoms. The van der Waals surface area contributed by atoms with Gasteiger partial charge >= 0.3 is 0 Å². The number of rotatable bonds is 3. The van der Waals surface area contributed by atoms with Crippen LogP contribution in [0.1, 0.15) is 24.0 Å². The van der Waals surface area contributed by atoms with E-state index in [1.807, 2.05) is 19.9 Å². The van der Waals surface area contributed by atoms with Gasteiger partial charge in [0.15, 0.2) is 0 Å². The van der Waals surface area contributed by atoms with E-state index in [1.165, 1.54) is 5.56 Å². The lowest BCUT2D eigenvalue weighted by molar-refractivity contribution is 0.416. The van der Waals surface area contributed by atoms with Crippen LogP contribution < -0.4 is 10.5 Å². The van der Waals surface area contributed by atoms with Crippen molar-refractivity contribution in [1.82, 2.24) is 9.97 Å². The molecule has 0 atom stereocenters.